The van der Waals surface area contributed by atoms with Gasteiger partial charge in [-0.25, -0.2) is 9.67 Å². The van der Waals surface area contributed by atoms with Gasteiger partial charge in [-0.05, 0) is 31.5 Å². The van der Waals surface area contributed by atoms with Gasteiger partial charge in [0, 0.05) is 13.2 Å². The van der Waals surface area contributed by atoms with E-state index in [1.54, 1.807) is 42.7 Å². The molecular formula is C19H17F3N6O. The van der Waals surface area contributed by atoms with Gasteiger partial charge in [0.15, 0.2) is 5.65 Å². The van der Waals surface area contributed by atoms with Crippen LogP contribution in [0.5, 0.6) is 0 Å². The molecule has 0 radical (unpaired) electrons. The highest BCUT2D eigenvalue weighted by molar-refractivity contribution is 5.79. The molecule has 4 aromatic rings. The molecule has 0 bridgehead atoms. The molecule has 29 heavy (non-hydrogen) atoms. The van der Waals surface area contributed by atoms with Crippen molar-refractivity contribution in [2.75, 3.05) is 0 Å². The van der Waals surface area contributed by atoms with Gasteiger partial charge >= 0.3 is 6.18 Å². The lowest BCUT2D eigenvalue weighted by atomic mass is 10.1. The second kappa shape index (κ2) is 6.57. The van der Waals surface area contributed by atoms with Crippen LogP contribution in [0.15, 0.2) is 41.5 Å². The molecule has 0 aliphatic heterocycles. The number of nitrogens with one attached hydrogen (secondary N) is 1. The van der Waals surface area contributed by atoms with E-state index in [9.17, 15) is 18.0 Å². The molecule has 3 aromatic heterocycles. The van der Waals surface area contributed by atoms with Crippen LogP contribution in [0.4, 0.5) is 13.2 Å². The Kier molecular flexibility index (Phi) is 4.29. The summed E-state index contributed by atoms with van der Waals surface area (Å²) >= 11 is 0. The molecule has 7 nitrogen and oxygen atoms in total. The van der Waals surface area contributed by atoms with Gasteiger partial charge in [0.05, 0.1) is 29.1 Å². The normalized spacial score (nSPS) is 13.2. The average molecular weight is 402 g/mol. The lowest BCUT2D eigenvalue weighted by Crippen LogP contribution is -2.13. The maximum absolute atomic E-state index is 12.8. The van der Waals surface area contributed by atoms with Crippen LogP contribution >= 0.6 is 0 Å². The fourth-order valence-corrected chi connectivity index (χ4v) is 3.25. The fourth-order valence-electron chi connectivity index (χ4n) is 3.25. The highest BCUT2D eigenvalue weighted by Crippen LogP contribution is 2.31. The number of alkyl halides is 3. The van der Waals surface area contributed by atoms with Gasteiger partial charge in [0.2, 0.25) is 0 Å². The predicted octanol–water partition coefficient (Wildman–Crippen LogP) is 3.46. The van der Waals surface area contributed by atoms with Crippen LogP contribution in [0, 0.1) is 6.92 Å². The second-order valence-electron chi connectivity index (χ2n) is 6.84. The molecule has 0 aliphatic rings. The Hall–Kier alpha value is -3.43. The zero-order valence-corrected chi connectivity index (χ0v) is 15.8. The third-order valence-corrected chi connectivity index (χ3v) is 4.80. The summed E-state index contributed by atoms with van der Waals surface area (Å²) in [5, 5.41) is 8.85. The first kappa shape index (κ1) is 18.9. The number of rotatable bonds is 3. The van der Waals surface area contributed by atoms with Gasteiger partial charge < -0.3 is 4.98 Å². The number of benzene rings is 1. The number of aromatic nitrogens is 6. The highest BCUT2D eigenvalue weighted by atomic mass is 19.4. The molecule has 3 heterocycles. The van der Waals surface area contributed by atoms with E-state index in [4.69, 9.17) is 0 Å². The number of nitrogens with zero attached hydrogens (tertiary/aromatic N) is 5. The van der Waals surface area contributed by atoms with E-state index in [1.807, 2.05) is 0 Å². The van der Waals surface area contributed by atoms with Crippen molar-refractivity contribution in [3.05, 3.63) is 63.8 Å². The Bertz CT molecular complexity index is 1250. The van der Waals surface area contributed by atoms with Gasteiger partial charge in [-0.3, -0.25) is 9.48 Å². The van der Waals surface area contributed by atoms with Crippen LogP contribution in [0.25, 0.3) is 22.4 Å². The van der Waals surface area contributed by atoms with Crippen molar-refractivity contribution in [1.29, 1.82) is 0 Å². The van der Waals surface area contributed by atoms with Gasteiger partial charge in [0.1, 0.15) is 11.2 Å². The number of H-pyrrole nitrogens is 1. The maximum atomic E-state index is 12.8. The summed E-state index contributed by atoms with van der Waals surface area (Å²) in [6.07, 6.45) is -1.10. The number of aryl methyl sites for hydroxylation is 2. The molecule has 1 N–H and O–H groups in total. The van der Waals surface area contributed by atoms with Crippen LogP contribution in [-0.4, -0.2) is 29.5 Å². The van der Waals surface area contributed by atoms with Crippen molar-refractivity contribution >= 4 is 11.0 Å². The Morgan fingerprint density at radius 1 is 1.17 bits per heavy atom. The number of hydrogen-bond acceptors (Lipinski definition) is 4. The van der Waals surface area contributed by atoms with Crippen LogP contribution in [-0.2, 0) is 13.2 Å². The molecule has 0 spiro atoms. The van der Waals surface area contributed by atoms with E-state index >= 15 is 0 Å². The van der Waals surface area contributed by atoms with Crippen molar-refractivity contribution in [2.45, 2.75) is 26.1 Å². The first-order chi connectivity index (χ1) is 13.6. The third kappa shape index (κ3) is 3.30. The molecule has 0 aliphatic carbocycles. The summed E-state index contributed by atoms with van der Waals surface area (Å²) in [5.41, 5.74) is 1.05. The summed E-state index contributed by atoms with van der Waals surface area (Å²) < 4.78 is 41.7. The van der Waals surface area contributed by atoms with E-state index in [0.717, 1.165) is 12.1 Å². The minimum Gasteiger partial charge on any atom is -0.306 e. The fraction of sp³-hybridized carbons (Fsp3) is 0.263. The topological polar surface area (TPSA) is 81.4 Å². The Labute approximate surface area is 162 Å². The predicted molar refractivity (Wildman–Crippen MR) is 100 cm³/mol. The van der Waals surface area contributed by atoms with Crippen LogP contribution in [0.3, 0.4) is 0 Å². The van der Waals surface area contributed by atoms with Crippen molar-refractivity contribution in [1.82, 2.24) is 29.5 Å². The average Bonchev–Trinajstić information content (AvgIpc) is 3.24. The van der Waals surface area contributed by atoms with E-state index in [1.165, 1.54) is 12.1 Å². The minimum absolute atomic E-state index is 0.336. The second-order valence-corrected chi connectivity index (χ2v) is 6.84. The third-order valence-electron chi connectivity index (χ3n) is 4.80. The Balaban J connectivity index is 1.83. The summed E-state index contributed by atoms with van der Waals surface area (Å²) in [4.78, 5) is 19.9. The maximum Gasteiger partial charge on any atom is 0.416 e. The van der Waals surface area contributed by atoms with E-state index in [0.29, 0.717) is 33.7 Å². The number of hydrogen-bond donors (Lipinski definition) is 1. The smallest absolute Gasteiger partial charge is 0.306 e. The monoisotopic (exact) mass is 402 g/mol. The van der Waals surface area contributed by atoms with Gasteiger partial charge in [0.25, 0.3) is 5.56 Å². The molecule has 150 valence electrons. The van der Waals surface area contributed by atoms with Crippen molar-refractivity contribution in [3.8, 4) is 11.4 Å². The van der Waals surface area contributed by atoms with Crippen LogP contribution in [0.2, 0.25) is 0 Å². The van der Waals surface area contributed by atoms with E-state index < -0.39 is 17.8 Å². The Morgan fingerprint density at radius 2 is 1.86 bits per heavy atom. The lowest BCUT2D eigenvalue weighted by Gasteiger charge is -2.15. The van der Waals surface area contributed by atoms with Crippen molar-refractivity contribution in [2.24, 2.45) is 7.05 Å². The first-order valence-corrected chi connectivity index (χ1v) is 8.80. The number of halogens is 3. The quantitative estimate of drug-likeness (QED) is 0.569. The van der Waals surface area contributed by atoms with Gasteiger partial charge in [-0.15, -0.1) is 0 Å². The lowest BCUT2D eigenvalue weighted by molar-refractivity contribution is -0.137. The number of aromatic amines is 1. The first-order valence-electron chi connectivity index (χ1n) is 8.80. The number of fused-ring (bicyclic) bond motifs is 1. The summed E-state index contributed by atoms with van der Waals surface area (Å²) in [5.74, 6) is 0.344. The molecular weight excluding hydrogens is 385 g/mol. The molecule has 0 amide bonds. The molecule has 1 aromatic carbocycles. The zero-order valence-electron chi connectivity index (χ0n) is 15.8. The van der Waals surface area contributed by atoms with Crippen molar-refractivity contribution < 1.29 is 13.2 Å². The molecule has 0 saturated carbocycles. The summed E-state index contributed by atoms with van der Waals surface area (Å²) in [6, 6.07) is 4.46. The van der Waals surface area contributed by atoms with E-state index in [-0.39, 0.29) is 5.56 Å². The van der Waals surface area contributed by atoms with Gasteiger partial charge in [-0.2, -0.15) is 23.4 Å². The standard InChI is InChI=1S/C19H17F3N6O/c1-10-15-17(24-16(25-18(15)29)13-8-23-27(3)9-13)28(26-10)11(2)12-4-6-14(7-5-12)19(20,21)22/h4-9,11H,1-3H3,(H,24,25,29). The molecule has 1 unspecified atom stereocenters. The molecule has 1 atom stereocenters. The Morgan fingerprint density at radius 3 is 2.45 bits per heavy atom. The zero-order chi connectivity index (χ0) is 20.9. The van der Waals surface area contributed by atoms with Gasteiger partial charge in [-0.1, -0.05) is 12.1 Å². The van der Waals surface area contributed by atoms with Crippen LogP contribution < -0.4 is 5.56 Å². The molecule has 0 fully saturated rings. The van der Waals surface area contributed by atoms with Crippen molar-refractivity contribution in [3.63, 3.8) is 0 Å². The molecule has 0 saturated heterocycles. The largest absolute Gasteiger partial charge is 0.416 e. The summed E-state index contributed by atoms with van der Waals surface area (Å²) in [7, 11) is 1.75. The molecule has 4 rings (SSSR count). The van der Waals surface area contributed by atoms with E-state index in [2.05, 4.69) is 20.2 Å². The minimum atomic E-state index is -4.40. The molecule has 10 heteroatoms. The van der Waals surface area contributed by atoms with Crippen LogP contribution in [0.1, 0.15) is 29.8 Å². The summed E-state index contributed by atoms with van der Waals surface area (Å²) in [6.45, 7) is 3.49. The SMILES string of the molecule is Cc1nn(C(C)c2ccc(C(F)(F)F)cc2)c2nc(-c3cnn(C)c3)[nH]c(=O)c12. The highest BCUT2D eigenvalue weighted by Gasteiger charge is 2.30.